The van der Waals surface area contributed by atoms with E-state index >= 15 is 0 Å². The minimum Gasteiger partial charge on any atom is -0.355 e. The van der Waals surface area contributed by atoms with Gasteiger partial charge in [0.15, 0.2) is 0 Å². The number of carbonyl (C=O) groups is 1. The fourth-order valence-electron chi connectivity index (χ4n) is 5.09. The van der Waals surface area contributed by atoms with Gasteiger partial charge in [-0.3, -0.25) is 4.79 Å². The SMILES string of the molecule is CC1CCC(C(C)N(Cc2n(C)cc[n+]2C)c2cc(CCC(C)(C)C)sc2C(=O)N(C)C)CC1. The van der Waals surface area contributed by atoms with Crippen molar-refractivity contribution in [3.8, 4) is 0 Å². The molecule has 1 atom stereocenters. The van der Waals surface area contributed by atoms with E-state index in [4.69, 9.17) is 0 Å². The zero-order valence-corrected chi connectivity index (χ0v) is 23.8. The highest BCUT2D eigenvalue weighted by atomic mass is 32.1. The number of aryl methyl sites for hydroxylation is 3. The first kappa shape index (κ1) is 26.8. The van der Waals surface area contributed by atoms with E-state index in [0.29, 0.717) is 12.0 Å². The van der Waals surface area contributed by atoms with Gasteiger partial charge in [-0.2, -0.15) is 0 Å². The van der Waals surface area contributed by atoms with Crippen molar-refractivity contribution in [2.24, 2.45) is 31.3 Å². The molecule has 2 aromatic heterocycles. The quantitative estimate of drug-likeness (QED) is 0.440. The molecular formula is C28H47N4OS+. The lowest BCUT2D eigenvalue weighted by Crippen LogP contribution is -2.44. The maximum absolute atomic E-state index is 13.4. The van der Waals surface area contributed by atoms with E-state index in [9.17, 15) is 4.79 Å². The number of thiophene rings is 1. The van der Waals surface area contributed by atoms with Gasteiger partial charge in [0.2, 0.25) is 0 Å². The van der Waals surface area contributed by atoms with Gasteiger partial charge < -0.3 is 9.80 Å². The van der Waals surface area contributed by atoms with Crippen LogP contribution < -0.4 is 9.47 Å². The fraction of sp³-hybridized carbons (Fsp3) is 0.714. The van der Waals surface area contributed by atoms with Crippen molar-refractivity contribution in [2.75, 3.05) is 19.0 Å². The first-order valence-corrected chi connectivity index (χ1v) is 13.8. The van der Waals surface area contributed by atoms with Crippen LogP contribution in [0.1, 0.15) is 87.1 Å². The predicted molar refractivity (Wildman–Crippen MR) is 143 cm³/mol. The summed E-state index contributed by atoms with van der Waals surface area (Å²) in [5.41, 5.74) is 1.40. The van der Waals surface area contributed by atoms with Crippen LogP contribution >= 0.6 is 11.3 Å². The standard InChI is InChI=1S/C28H47N4OS/c1-20-10-12-22(13-11-20)21(2)32(19-25-30(8)16-17-31(25)9)24-18-23(14-15-28(3,4)5)34-26(24)27(33)29(6)7/h16-18,20-22H,10-15,19H2,1-9H3/q+1. The highest BCUT2D eigenvalue weighted by molar-refractivity contribution is 7.14. The number of imidazole rings is 1. The average molecular weight is 488 g/mol. The molecule has 0 spiro atoms. The Kier molecular flexibility index (Phi) is 8.54. The van der Waals surface area contributed by atoms with Crippen molar-refractivity contribution in [3.63, 3.8) is 0 Å². The van der Waals surface area contributed by atoms with Gasteiger partial charge in [-0.15, -0.1) is 11.3 Å². The summed E-state index contributed by atoms with van der Waals surface area (Å²) in [6, 6.07) is 2.71. The highest BCUT2D eigenvalue weighted by Crippen LogP contribution is 2.39. The Bertz CT molecular complexity index is 940. The van der Waals surface area contributed by atoms with Crippen LogP contribution in [0.4, 0.5) is 5.69 Å². The molecule has 1 saturated carbocycles. The summed E-state index contributed by atoms with van der Waals surface area (Å²) < 4.78 is 4.42. The third-order valence-electron chi connectivity index (χ3n) is 7.67. The number of carbonyl (C=O) groups excluding carboxylic acids is 1. The van der Waals surface area contributed by atoms with Crippen molar-refractivity contribution in [2.45, 2.75) is 85.7 Å². The van der Waals surface area contributed by atoms with Gasteiger partial charge >= 0.3 is 0 Å². The van der Waals surface area contributed by atoms with Crippen molar-refractivity contribution in [1.29, 1.82) is 0 Å². The molecule has 190 valence electrons. The Hall–Kier alpha value is -1.82. The Balaban J connectivity index is 2.03. The summed E-state index contributed by atoms with van der Waals surface area (Å²) in [4.78, 5) is 19.9. The van der Waals surface area contributed by atoms with Crippen LogP contribution in [0.3, 0.4) is 0 Å². The zero-order valence-electron chi connectivity index (χ0n) is 23.0. The molecule has 5 nitrogen and oxygen atoms in total. The molecule has 1 fully saturated rings. The number of nitrogens with zero attached hydrogens (tertiary/aromatic N) is 4. The van der Waals surface area contributed by atoms with Crippen LogP contribution in [-0.4, -0.2) is 35.5 Å². The van der Waals surface area contributed by atoms with E-state index in [1.165, 1.54) is 36.4 Å². The van der Waals surface area contributed by atoms with Gasteiger partial charge in [0.25, 0.3) is 11.7 Å². The second kappa shape index (κ2) is 10.8. The Morgan fingerprint density at radius 3 is 2.41 bits per heavy atom. The van der Waals surface area contributed by atoms with Crippen molar-refractivity contribution >= 4 is 22.9 Å². The van der Waals surface area contributed by atoms with Crippen LogP contribution in [0.5, 0.6) is 0 Å². The summed E-state index contributed by atoms with van der Waals surface area (Å²) >= 11 is 1.70. The Morgan fingerprint density at radius 2 is 1.88 bits per heavy atom. The summed E-state index contributed by atoms with van der Waals surface area (Å²) in [7, 11) is 7.98. The first-order chi connectivity index (χ1) is 15.9. The minimum absolute atomic E-state index is 0.118. The molecule has 0 radical (unpaired) electrons. The molecule has 0 aliphatic heterocycles. The second-order valence-corrected chi connectivity index (χ2v) is 13.1. The first-order valence-electron chi connectivity index (χ1n) is 13.0. The third kappa shape index (κ3) is 6.44. The number of hydrogen-bond donors (Lipinski definition) is 0. The normalized spacial score (nSPS) is 19.8. The molecule has 0 N–H and O–H groups in total. The van der Waals surface area contributed by atoms with E-state index in [-0.39, 0.29) is 11.3 Å². The summed E-state index contributed by atoms with van der Waals surface area (Å²) in [5.74, 6) is 2.86. The molecule has 3 rings (SSSR count). The third-order valence-corrected chi connectivity index (χ3v) is 8.84. The molecule has 0 bridgehead atoms. The van der Waals surface area contributed by atoms with Crippen LogP contribution in [0.15, 0.2) is 18.5 Å². The summed E-state index contributed by atoms with van der Waals surface area (Å²) in [6.45, 7) is 12.5. The van der Waals surface area contributed by atoms with Crippen molar-refractivity contribution < 1.29 is 9.36 Å². The monoisotopic (exact) mass is 487 g/mol. The molecule has 2 heterocycles. The van der Waals surface area contributed by atoms with Crippen LogP contribution in [-0.2, 0) is 27.1 Å². The Labute approximate surface area is 211 Å². The molecule has 1 aliphatic carbocycles. The average Bonchev–Trinajstić information content (AvgIpc) is 3.32. The van der Waals surface area contributed by atoms with Gasteiger partial charge in [-0.1, -0.05) is 40.5 Å². The number of aromatic nitrogens is 2. The molecule has 1 unspecified atom stereocenters. The highest BCUT2D eigenvalue weighted by Gasteiger charge is 2.33. The van der Waals surface area contributed by atoms with Gasteiger partial charge in [0.1, 0.15) is 23.8 Å². The lowest BCUT2D eigenvalue weighted by atomic mass is 9.79. The molecule has 1 aliphatic rings. The van der Waals surface area contributed by atoms with E-state index < -0.39 is 0 Å². The molecule has 6 heteroatoms. The van der Waals surface area contributed by atoms with Crippen LogP contribution in [0.25, 0.3) is 0 Å². The topological polar surface area (TPSA) is 32.4 Å². The van der Waals surface area contributed by atoms with E-state index in [2.05, 4.69) is 81.2 Å². The minimum atomic E-state index is 0.118. The lowest BCUT2D eigenvalue weighted by Gasteiger charge is -2.38. The smallest absolute Gasteiger partial charge is 0.275 e. The largest absolute Gasteiger partial charge is 0.355 e. The van der Waals surface area contributed by atoms with Gasteiger partial charge in [0.05, 0.1) is 19.8 Å². The van der Waals surface area contributed by atoms with E-state index in [1.54, 1.807) is 16.2 Å². The summed E-state index contributed by atoms with van der Waals surface area (Å²) in [6.07, 6.45) is 11.5. The van der Waals surface area contributed by atoms with E-state index in [1.807, 2.05) is 14.1 Å². The fourth-order valence-corrected chi connectivity index (χ4v) is 6.28. The van der Waals surface area contributed by atoms with Gasteiger partial charge in [-0.05, 0) is 55.9 Å². The number of hydrogen-bond acceptors (Lipinski definition) is 3. The van der Waals surface area contributed by atoms with Crippen molar-refractivity contribution in [3.05, 3.63) is 34.0 Å². The second-order valence-electron chi connectivity index (χ2n) is 12.0. The zero-order chi connectivity index (χ0) is 25.2. The molecule has 34 heavy (non-hydrogen) atoms. The molecule has 1 amide bonds. The molecule has 2 aromatic rings. The van der Waals surface area contributed by atoms with Gasteiger partial charge in [-0.25, -0.2) is 9.13 Å². The van der Waals surface area contributed by atoms with Gasteiger partial charge in [0, 0.05) is 25.0 Å². The maximum Gasteiger partial charge on any atom is 0.275 e. The van der Waals surface area contributed by atoms with Crippen LogP contribution in [0, 0.1) is 17.3 Å². The predicted octanol–water partition coefficient (Wildman–Crippen LogP) is 5.81. The number of amides is 1. The van der Waals surface area contributed by atoms with E-state index in [0.717, 1.165) is 35.9 Å². The summed E-state index contributed by atoms with van der Waals surface area (Å²) in [5, 5.41) is 0. The number of rotatable bonds is 8. The Morgan fingerprint density at radius 1 is 1.24 bits per heavy atom. The molecule has 0 aromatic carbocycles. The molecular weight excluding hydrogens is 440 g/mol. The lowest BCUT2D eigenvalue weighted by molar-refractivity contribution is -0.678. The van der Waals surface area contributed by atoms with Crippen molar-refractivity contribution in [1.82, 2.24) is 9.47 Å². The molecule has 0 saturated heterocycles. The number of anilines is 1. The van der Waals surface area contributed by atoms with Crippen LogP contribution in [0.2, 0.25) is 0 Å². The maximum atomic E-state index is 13.4.